The summed E-state index contributed by atoms with van der Waals surface area (Å²) >= 11 is 5.68. The third-order valence-electron chi connectivity index (χ3n) is 3.56. The summed E-state index contributed by atoms with van der Waals surface area (Å²) in [7, 11) is 1.61. The zero-order valence-corrected chi connectivity index (χ0v) is 13.3. The first-order valence-electron chi connectivity index (χ1n) is 7.14. The number of nitrogens with one attached hydrogen (secondary N) is 1. The molecule has 0 radical (unpaired) electrons. The van der Waals surface area contributed by atoms with Crippen LogP contribution in [0.15, 0.2) is 18.2 Å². The highest BCUT2D eigenvalue weighted by molar-refractivity contribution is 6.30. The van der Waals surface area contributed by atoms with Crippen molar-refractivity contribution >= 4 is 17.6 Å². The van der Waals surface area contributed by atoms with Crippen LogP contribution in [0.2, 0.25) is 5.02 Å². The molecule has 5 nitrogen and oxygen atoms in total. The molecule has 0 aliphatic carbocycles. The first kappa shape index (κ1) is 17.0. The number of aliphatic hydroxyl groups excluding tert-OH is 1. The number of carbonyl (C=O) groups is 1. The second kappa shape index (κ2) is 7.26. The number of amides is 2. The lowest BCUT2D eigenvalue weighted by Gasteiger charge is -2.25. The number of hydrogen-bond acceptors (Lipinski definition) is 3. The molecule has 2 amide bonds. The zero-order chi connectivity index (χ0) is 16.3. The Balaban J connectivity index is 2.04. The average Bonchev–Trinajstić information content (AvgIpc) is 2.89. The van der Waals surface area contributed by atoms with Crippen molar-refractivity contribution in [3.05, 3.63) is 34.6 Å². The fraction of sp³-hybridized carbons (Fsp3) is 0.533. The number of ether oxygens (including phenoxy) is 1. The smallest absolute Gasteiger partial charge is 0.317 e. The number of benzene rings is 1. The number of rotatable bonds is 4. The molecule has 1 aliphatic heterocycles. The Bertz CT molecular complexity index is 542. The van der Waals surface area contributed by atoms with Crippen molar-refractivity contribution < 1.29 is 19.0 Å². The zero-order valence-electron chi connectivity index (χ0n) is 12.6. The molecule has 2 N–H and O–H groups in total. The molecule has 0 spiro atoms. The van der Waals surface area contributed by atoms with Crippen LogP contribution in [-0.2, 0) is 4.74 Å². The standard InChI is InChI=1S/C15H20ClFN2O3/c1-9(20)8-19(2)15(21)18-13-5-6-22-14(13)10-3-4-11(16)12(17)7-10/h3-4,7,9,13-14,20H,5-6,8H2,1-2H3,(H,18,21). The molecule has 1 saturated heterocycles. The lowest BCUT2D eigenvalue weighted by molar-refractivity contribution is 0.0966. The normalized spacial score (nSPS) is 22.4. The van der Waals surface area contributed by atoms with Gasteiger partial charge in [-0.15, -0.1) is 0 Å². The van der Waals surface area contributed by atoms with Crippen molar-refractivity contribution in [2.45, 2.75) is 31.6 Å². The molecule has 3 atom stereocenters. The summed E-state index contributed by atoms with van der Waals surface area (Å²) in [6, 6.07) is 3.96. The van der Waals surface area contributed by atoms with Crippen LogP contribution in [-0.4, -0.2) is 48.4 Å². The van der Waals surface area contributed by atoms with Crippen LogP contribution in [0.1, 0.15) is 25.0 Å². The minimum absolute atomic E-state index is 0.0546. The van der Waals surface area contributed by atoms with Gasteiger partial charge in [-0.2, -0.15) is 0 Å². The van der Waals surface area contributed by atoms with E-state index in [1.165, 1.54) is 17.0 Å². The Morgan fingerprint density at radius 3 is 3.00 bits per heavy atom. The van der Waals surface area contributed by atoms with E-state index in [-0.39, 0.29) is 23.6 Å². The van der Waals surface area contributed by atoms with Crippen LogP contribution < -0.4 is 5.32 Å². The molecular weight excluding hydrogens is 311 g/mol. The summed E-state index contributed by atoms with van der Waals surface area (Å²) < 4.78 is 19.2. The number of likely N-dealkylation sites (N-methyl/N-ethyl adjacent to an activating group) is 1. The predicted molar refractivity (Wildman–Crippen MR) is 81.4 cm³/mol. The van der Waals surface area contributed by atoms with E-state index in [0.29, 0.717) is 18.6 Å². The summed E-state index contributed by atoms with van der Waals surface area (Å²) in [6.45, 7) is 2.33. The van der Waals surface area contributed by atoms with Crippen LogP contribution in [0.25, 0.3) is 0 Å². The Hall–Kier alpha value is -1.37. The van der Waals surface area contributed by atoms with Crippen molar-refractivity contribution in [3.63, 3.8) is 0 Å². The topological polar surface area (TPSA) is 61.8 Å². The van der Waals surface area contributed by atoms with E-state index in [4.69, 9.17) is 16.3 Å². The van der Waals surface area contributed by atoms with Gasteiger partial charge in [0.05, 0.1) is 17.2 Å². The van der Waals surface area contributed by atoms with E-state index in [0.717, 1.165) is 0 Å². The van der Waals surface area contributed by atoms with Gasteiger partial charge < -0.3 is 20.1 Å². The van der Waals surface area contributed by atoms with Crippen LogP contribution in [0.5, 0.6) is 0 Å². The monoisotopic (exact) mass is 330 g/mol. The Labute approximate surface area is 134 Å². The lowest BCUT2D eigenvalue weighted by atomic mass is 10.0. The van der Waals surface area contributed by atoms with Gasteiger partial charge >= 0.3 is 6.03 Å². The Kier molecular flexibility index (Phi) is 5.61. The molecular formula is C15H20ClFN2O3. The number of urea groups is 1. The average molecular weight is 331 g/mol. The van der Waals surface area contributed by atoms with Gasteiger partial charge in [0.15, 0.2) is 0 Å². The number of nitrogens with zero attached hydrogens (tertiary/aromatic N) is 1. The quantitative estimate of drug-likeness (QED) is 0.890. The molecule has 2 rings (SSSR count). The largest absolute Gasteiger partial charge is 0.392 e. The fourth-order valence-electron chi connectivity index (χ4n) is 2.50. The second-order valence-electron chi connectivity index (χ2n) is 5.54. The van der Waals surface area contributed by atoms with Crippen molar-refractivity contribution in [1.29, 1.82) is 0 Å². The van der Waals surface area contributed by atoms with E-state index < -0.39 is 18.0 Å². The minimum Gasteiger partial charge on any atom is -0.392 e. The van der Waals surface area contributed by atoms with Crippen LogP contribution >= 0.6 is 11.6 Å². The third-order valence-corrected chi connectivity index (χ3v) is 3.86. The molecule has 7 heteroatoms. The first-order chi connectivity index (χ1) is 10.4. The highest BCUT2D eigenvalue weighted by atomic mass is 35.5. The van der Waals surface area contributed by atoms with Gasteiger partial charge in [0, 0.05) is 20.2 Å². The molecule has 0 saturated carbocycles. The van der Waals surface area contributed by atoms with Gasteiger partial charge in [-0.05, 0) is 31.0 Å². The molecule has 122 valence electrons. The molecule has 3 unspecified atom stereocenters. The maximum atomic E-state index is 13.6. The Morgan fingerprint density at radius 2 is 2.36 bits per heavy atom. The SMILES string of the molecule is CC(O)CN(C)C(=O)NC1CCOC1c1ccc(Cl)c(F)c1. The van der Waals surface area contributed by atoms with Crippen molar-refractivity contribution in [2.24, 2.45) is 0 Å². The highest BCUT2D eigenvalue weighted by Crippen LogP contribution is 2.31. The highest BCUT2D eigenvalue weighted by Gasteiger charge is 2.32. The van der Waals surface area contributed by atoms with Gasteiger partial charge in [-0.1, -0.05) is 17.7 Å². The van der Waals surface area contributed by atoms with Gasteiger partial charge in [0.2, 0.25) is 0 Å². The number of halogens is 2. The molecule has 0 bridgehead atoms. The maximum Gasteiger partial charge on any atom is 0.317 e. The molecule has 1 heterocycles. The van der Waals surface area contributed by atoms with Gasteiger partial charge in [0.25, 0.3) is 0 Å². The van der Waals surface area contributed by atoms with Gasteiger partial charge in [-0.3, -0.25) is 0 Å². The summed E-state index contributed by atoms with van der Waals surface area (Å²) in [6.07, 6.45) is -0.365. The van der Waals surface area contributed by atoms with Gasteiger partial charge in [-0.25, -0.2) is 9.18 Å². The Morgan fingerprint density at radius 1 is 1.64 bits per heavy atom. The van der Waals surface area contributed by atoms with Crippen LogP contribution in [0.4, 0.5) is 9.18 Å². The lowest BCUT2D eigenvalue weighted by Crippen LogP contribution is -2.46. The first-order valence-corrected chi connectivity index (χ1v) is 7.52. The second-order valence-corrected chi connectivity index (χ2v) is 5.95. The van der Waals surface area contributed by atoms with E-state index in [2.05, 4.69) is 5.32 Å². The van der Waals surface area contributed by atoms with Crippen molar-refractivity contribution in [1.82, 2.24) is 10.2 Å². The number of carbonyl (C=O) groups excluding carboxylic acids is 1. The van der Waals surface area contributed by atoms with Crippen molar-refractivity contribution in [2.75, 3.05) is 20.2 Å². The fourth-order valence-corrected chi connectivity index (χ4v) is 2.62. The van der Waals surface area contributed by atoms with Crippen molar-refractivity contribution in [3.8, 4) is 0 Å². The van der Waals surface area contributed by atoms with E-state index in [1.807, 2.05) is 0 Å². The molecule has 1 fully saturated rings. The van der Waals surface area contributed by atoms with Crippen LogP contribution in [0.3, 0.4) is 0 Å². The van der Waals surface area contributed by atoms with Crippen LogP contribution in [0, 0.1) is 5.82 Å². The summed E-state index contributed by atoms with van der Waals surface area (Å²) in [4.78, 5) is 13.5. The van der Waals surface area contributed by atoms with E-state index in [1.54, 1.807) is 20.0 Å². The summed E-state index contributed by atoms with van der Waals surface area (Å²) in [5, 5.41) is 12.2. The molecule has 22 heavy (non-hydrogen) atoms. The molecule has 1 aromatic rings. The number of hydrogen-bond donors (Lipinski definition) is 2. The van der Waals surface area contributed by atoms with E-state index >= 15 is 0 Å². The number of aliphatic hydroxyl groups is 1. The summed E-state index contributed by atoms with van der Waals surface area (Å²) in [5.41, 5.74) is 0.642. The molecule has 1 aliphatic rings. The molecule has 1 aromatic carbocycles. The van der Waals surface area contributed by atoms with Gasteiger partial charge in [0.1, 0.15) is 11.9 Å². The predicted octanol–water partition coefficient (Wildman–Crippen LogP) is 2.33. The van der Waals surface area contributed by atoms with E-state index in [9.17, 15) is 14.3 Å². The third kappa shape index (κ3) is 4.09. The summed E-state index contributed by atoms with van der Waals surface area (Å²) in [5.74, 6) is -0.508. The maximum absolute atomic E-state index is 13.6. The minimum atomic E-state index is -0.600. The molecule has 0 aromatic heterocycles.